The van der Waals surface area contributed by atoms with E-state index in [-0.39, 0.29) is 5.92 Å². The summed E-state index contributed by atoms with van der Waals surface area (Å²) >= 11 is 12.1. The van der Waals surface area contributed by atoms with Crippen LogP contribution in [0.1, 0.15) is 38.0 Å². The zero-order valence-corrected chi connectivity index (χ0v) is 17.1. The van der Waals surface area contributed by atoms with Gasteiger partial charge in [0.2, 0.25) is 0 Å². The maximum Gasteiger partial charge on any atom is 0.119 e. The Hall–Kier alpha value is -1.26. The van der Waals surface area contributed by atoms with Crippen LogP contribution >= 0.6 is 23.2 Å². The first-order chi connectivity index (χ1) is 12.4. The molecule has 3 nitrogen and oxygen atoms in total. The van der Waals surface area contributed by atoms with E-state index in [1.807, 2.05) is 30.3 Å². The minimum atomic E-state index is -0.490. The molecule has 0 aliphatic heterocycles. The number of aliphatic hydroxyl groups is 1. The third-order valence-corrected chi connectivity index (χ3v) is 5.20. The molecule has 0 bridgehead atoms. The molecule has 0 fully saturated rings. The molecule has 0 aliphatic rings. The molecule has 0 heterocycles. The van der Waals surface area contributed by atoms with Crippen LogP contribution in [0.15, 0.2) is 42.5 Å². The number of rotatable bonds is 9. The van der Waals surface area contributed by atoms with Crippen LogP contribution in [0.3, 0.4) is 0 Å². The van der Waals surface area contributed by atoms with E-state index in [2.05, 4.69) is 25.7 Å². The van der Waals surface area contributed by atoms with Gasteiger partial charge in [0.15, 0.2) is 0 Å². The third kappa shape index (κ3) is 5.88. The second kappa shape index (κ2) is 10.2. The summed E-state index contributed by atoms with van der Waals surface area (Å²) in [5.41, 5.74) is 1.79. The Balaban J connectivity index is 1.94. The fraction of sp³-hybridized carbons (Fsp3) is 0.429. The number of nitrogens with zero attached hydrogens (tertiary/aromatic N) is 1. The first-order valence-corrected chi connectivity index (χ1v) is 9.77. The van der Waals surface area contributed by atoms with Gasteiger partial charge in [-0.25, -0.2) is 0 Å². The third-order valence-electron chi connectivity index (χ3n) is 4.61. The van der Waals surface area contributed by atoms with Crippen molar-refractivity contribution in [2.24, 2.45) is 5.92 Å². The molecule has 2 atom stereocenters. The van der Waals surface area contributed by atoms with Crippen LogP contribution in [0.2, 0.25) is 10.0 Å². The monoisotopic (exact) mass is 395 g/mol. The molecule has 1 N–H and O–H groups in total. The Morgan fingerprint density at radius 2 is 1.69 bits per heavy atom. The lowest BCUT2D eigenvalue weighted by Crippen LogP contribution is -2.30. The topological polar surface area (TPSA) is 32.7 Å². The van der Waals surface area contributed by atoms with Crippen molar-refractivity contribution >= 4 is 23.2 Å². The summed E-state index contributed by atoms with van der Waals surface area (Å²) in [6.07, 6.45) is -0.490. The van der Waals surface area contributed by atoms with Gasteiger partial charge < -0.3 is 14.7 Å². The Bertz CT molecular complexity index is 687. The van der Waals surface area contributed by atoms with E-state index in [9.17, 15) is 5.11 Å². The fourth-order valence-electron chi connectivity index (χ4n) is 2.88. The molecular weight excluding hydrogens is 369 g/mol. The van der Waals surface area contributed by atoms with Crippen LogP contribution in [-0.4, -0.2) is 29.6 Å². The number of aliphatic hydroxyl groups excluding tert-OH is 1. The zero-order valence-electron chi connectivity index (χ0n) is 15.6. The highest BCUT2D eigenvalue weighted by atomic mass is 35.5. The van der Waals surface area contributed by atoms with Crippen molar-refractivity contribution in [3.05, 3.63) is 63.6 Å². The predicted molar refractivity (Wildman–Crippen MR) is 109 cm³/mol. The van der Waals surface area contributed by atoms with Crippen LogP contribution in [0.25, 0.3) is 0 Å². The summed E-state index contributed by atoms with van der Waals surface area (Å²) in [7, 11) is 0. The molecule has 2 aromatic rings. The molecule has 0 saturated carbocycles. The highest BCUT2D eigenvalue weighted by Crippen LogP contribution is 2.26. The van der Waals surface area contributed by atoms with Crippen molar-refractivity contribution in [1.29, 1.82) is 0 Å². The van der Waals surface area contributed by atoms with E-state index in [4.69, 9.17) is 27.9 Å². The lowest BCUT2D eigenvalue weighted by Gasteiger charge is -2.26. The lowest BCUT2D eigenvalue weighted by atomic mass is 9.97. The minimum Gasteiger partial charge on any atom is -0.489 e. The average Bonchev–Trinajstić information content (AvgIpc) is 2.65. The van der Waals surface area contributed by atoms with Gasteiger partial charge in [-0.15, -0.1) is 0 Å². The van der Waals surface area contributed by atoms with Crippen molar-refractivity contribution in [3.63, 3.8) is 0 Å². The Morgan fingerprint density at radius 3 is 2.27 bits per heavy atom. The van der Waals surface area contributed by atoms with Crippen LogP contribution in [0.5, 0.6) is 5.75 Å². The molecule has 2 rings (SSSR count). The van der Waals surface area contributed by atoms with Crippen molar-refractivity contribution < 1.29 is 9.84 Å². The maximum atomic E-state index is 10.6. The molecule has 2 unspecified atom stereocenters. The lowest BCUT2D eigenvalue weighted by molar-refractivity contribution is 0.0910. The van der Waals surface area contributed by atoms with Crippen LogP contribution in [-0.2, 0) is 6.61 Å². The summed E-state index contributed by atoms with van der Waals surface area (Å²) in [6.45, 7) is 9.60. The van der Waals surface area contributed by atoms with Gasteiger partial charge >= 0.3 is 0 Å². The fourth-order valence-corrected chi connectivity index (χ4v) is 3.34. The van der Waals surface area contributed by atoms with E-state index < -0.39 is 6.10 Å². The summed E-state index contributed by atoms with van der Waals surface area (Å²) in [6, 6.07) is 13.0. The average molecular weight is 396 g/mol. The highest BCUT2D eigenvalue weighted by molar-refractivity contribution is 6.35. The summed E-state index contributed by atoms with van der Waals surface area (Å²) in [4.78, 5) is 2.32. The molecule has 5 heteroatoms. The molecule has 142 valence electrons. The van der Waals surface area contributed by atoms with E-state index in [0.717, 1.165) is 36.5 Å². The van der Waals surface area contributed by atoms with Gasteiger partial charge in [-0.1, -0.05) is 62.2 Å². The molecule has 0 radical (unpaired) electrons. The Kier molecular flexibility index (Phi) is 8.23. The van der Waals surface area contributed by atoms with E-state index in [1.54, 1.807) is 12.1 Å². The molecule has 0 aromatic heterocycles. The van der Waals surface area contributed by atoms with Gasteiger partial charge in [0.1, 0.15) is 12.4 Å². The largest absolute Gasteiger partial charge is 0.489 e. The van der Waals surface area contributed by atoms with Crippen LogP contribution in [0, 0.1) is 5.92 Å². The number of hydrogen-bond acceptors (Lipinski definition) is 3. The van der Waals surface area contributed by atoms with Crippen LogP contribution < -0.4 is 4.74 Å². The Labute approximate surface area is 166 Å². The first kappa shape index (κ1) is 21.0. The first-order valence-electron chi connectivity index (χ1n) is 9.01. The molecule has 0 amide bonds. The minimum absolute atomic E-state index is 0.162. The quantitative estimate of drug-likeness (QED) is 0.600. The number of halogens is 2. The molecule has 0 saturated heterocycles. The number of benzene rings is 2. The van der Waals surface area contributed by atoms with Crippen molar-refractivity contribution in [1.82, 2.24) is 4.90 Å². The summed E-state index contributed by atoms with van der Waals surface area (Å²) < 4.78 is 5.79. The second-order valence-electron chi connectivity index (χ2n) is 6.50. The normalized spacial score (nSPS) is 13.7. The number of hydrogen-bond donors (Lipinski definition) is 1. The van der Waals surface area contributed by atoms with Gasteiger partial charge in [-0.3, -0.25) is 0 Å². The molecular formula is C21H27Cl2NO2. The molecule has 2 aromatic carbocycles. The van der Waals surface area contributed by atoms with Gasteiger partial charge in [0.25, 0.3) is 0 Å². The second-order valence-corrected chi connectivity index (χ2v) is 7.35. The SMILES string of the molecule is CCN(CC)CC(C)C(O)c1ccc(OCc2ccc(Cl)cc2Cl)cc1. The van der Waals surface area contributed by atoms with Gasteiger partial charge in [-0.05, 0) is 48.8 Å². The highest BCUT2D eigenvalue weighted by Gasteiger charge is 2.18. The zero-order chi connectivity index (χ0) is 19.1. The molecule has 26 heavy (non-hydrogen) atoms. The van der Waals surface area contributed by atoms with Crippen molar-refractivity contribution in [2.75, 3.05) is 19.6 Å². The van der Waals surface area contributed by atoms with E-state index >= 15 is 0 Å². The summed E-state index contributed by atoms with van der Waals surface area (Å²) in [5.74, 6) is 0.901. The number of ether oxygens (including phenoxy) is 1. The predicted octanol–water partition coefficient (Wildman–Crippen LogP) is 5.58. The van der Waals surface area contributed by atoms with E-state index in [0.29, 0.717) is 16.7 Å². The Morgan fingerprint density at radius 1 is 1.04 bits per heavy atom. The van der Waals surface area contributed by atoms with Crippen LogP contribution in [0.4, 0.5) is 0 Å². The molecule has 0 spiro atoms. The standard InChI is InChI=1S/C21H27Cl2NO2/c1-4-24(5-2)13-15(3)21(25)16-7-10-19(11-8-16)26-14-17-6-9-18(22)12-20(17)23/h6-12,15,21,25H,4-5,13-14H2,1-3H3. The maximum absolute atomic E-state index is 10.6. The van der Waals surface area contributed by atoms with E-state index in [1.165, 1.54) is 0 Å². The van der Waals surface area contributed by atoms with Crippen molar-refractivity contribution in [2.45, 2.75) is 33.5 Å². The van der Waals surface area contributed by atoms with Gasteiger partial charge in [0.05, 0.1) is 6.10 Å². The van der Waals surface area contributed by atoms with Crippen molar-refractivity contribution in [3.8, 4) is 5.75 Å². The van der Waals surface area contributed by atoms with Gasteiger partial charge in [0, 0.05) is 22.2 Å². The molecule has 0 aliphatic carbocycles. The smallest absolute Gasteiger partial charge is 0.119 e. The summed E-state index contributed by atoms with van der Waals surface area (Å²) in [5, 5.41) is 11.8. The van der Waals surface area contributed by atoms with Gasteiger partial charge in [-0.2, -0.15) is 0 Å².